The molecule has 0 spiro atoms. The third kappa shape index (κ3) is 3.52. The maximum Gasteiger partial charge on any atom is 0.414 e. The lowest BCUT2D eigenvalue weighted by molar-refractivity contribution is -0.121. The number of ether oxygens (including phenoxy) is 1. The number of hydrogen-bond acceptors (Lipinski definition) is 6. The summed E-state index contributed by atoms with van der Waals surface area (Å²) in [5.41, 5.74) is 1.80. The third-order valence-electron chi connectivity index (χ3n) is 4.19. The molecule has 8 nitrogen and oxygen atoms in total. The molecule has 140 valence electrons. The number of nitrogens with zero attached hydrogens (tertiary/aromatic N) is 3. The van der Waals surface area contributed by atoms with Crippen molar-refractivity contribution >= 4 is 39.2 Å². The Kier molecular flexibility index (Phi) is 5.46. The summed E-state index contributed by atoms with van der Waals surface area (Å²) < 4.78 is 8.42. The van der Waals surface area contributed by atoms with E-state index in [9.17, 15) is 9.59 Å². The lowest BCUT2D eigenvalue weighted by Crippen LogP contribution is -2.34. The lowest BCUT2D eigenvalue weighted by Gasteiger charge is -2.13. The molecule has 0 saturated carbocycles. The highest BCUT2D eigenvalue weighted by Gasteiger charge is 2.32. The van der Waals surface area contributed by atoms with Crippen molar-refractivity contribution in [2.75, 3.05) is 25.1 Å². The summed E-state index contributed by atoms with van der Waals surface area (Å²) in [6.45, 7) is 5.32. The van der Waals surface area contributed by atoms with Crippen molar-refractivity contribution in [1.29, 1.82) is 0 Å². The van der Waals surface area contributed by atoms with E-state index in [2.05, 4.69) is 15.0 Å². The molecule has 26 heavy (non-hydrogen) atoms. The number of thiazole rings is 1. The van der Waals surface area contributed by atoms with Gasteiger partial charge < -0.3 is 19.5 Å². The Morgan fingerprint density at radius 3 is 2.96 bits per heavy atom. The number of rotatable bonds is 6. The van der Waals surface area contributed by atoms with E-state index in [4.69, 9.17) is 9.57 Å². The first-order valence-electron chi connectivity index (χ1n) is 8.52. The number of fused-ring (bicyclic) bond motifs is 1. The van der Waals surface area contributed by atoms with E-state index in [1.54, 1.807) is 11.8 Å². The van der Waals surface area contributed by atoms with Gasteiger partial charge in [-0.15, -0.1) is 0 Å². The fraction of sp³-hybridized carbons (Fsp3) is 0.471. The van der Waals surface area contributed by atoms with Crippen LogP contribution in [0, 0.1) is 0 Å². The summed E-state index contributed by atoms with van der Waals surface area (Å²) >= 11 is 1.50. The summed E-state index contributed by atoms with van der Waals surface area (Å²) in [5.74, 6) is -0.0574. The molecule has 1 aliphatic heterocycles. The second kappa shape index (κ2) is 7.77. The summed E-state index contributed by atoms with van der Waals surface area (Å²) in [7, 11) is 1.52. The number of carbonyl (C=O) groups excluding carboxylic acids is 2. The van der Waals surface area contributed by atoms with Crippen molar-refractivity contribution in [2.45, 2.75) is 32.9 Å². The number of amides is 2. The number of benzene rings is 1. The predicted octanol–water partition coefficient (Wildman–Crippen LogP) is 2.04. The lowest BCUT2D eigenvalue weighted by atomic mass is 10.2. The van der Waals surface area contributed by atoms with Gasteiger partial charge in [0.2, 0.25) is 10.7 Å². The summed E-state index contributed by atoms with van der Waals surface area (Å²) in [6.07, 6.45) is -0.343. The van der Waals surface area contributed by atoms with E-state index in [1.807, 2.05) is 25.1 Å². The molecule has 1 atom stereocenters. The first-order chi connectivity index (χ1) is 12.6. The van der Waals surface area contributed by atoms with Crippen LogP contribution in [-0.2, 0) is 20.9 Å². The van der Waals surface area contributed by atoms with Crippen molar-refractivity contribution in [2.24, 2.45) is 5.16 Å². The van der Waals surface area contributed by atoms with Crippen molar-refractivity contribution in [3.8, 4) is 0 Å². The van der Waals surface area contributed by atoms with Crippen molar-refractivity contribution in [3.05, 3.63) is 23.0 Å². The zero-order valence-electron chi connectivity index (χ0n) is 15.0. The zero-order valence-corrected chi connectivity index (χ0v) is 15.8. The smallest absolute Gasteiger partial charge is 0.414 e. The third-order valence-corrected chi connectivity index (χ3v) is 5.21. The number of anilines is 1. The highest BCUT2D eigenvalue weighted by molar-refractivity contribution is 7.16. The molecule has 3 rings (SSSR count). The Labute approximate surface area is 155 Å². The van der Waals surface area contributed by atoms with Crippen LogP contribution >= 0.6 is 11.3 Å². The van der Waals surface area contributed by atoms with Crippen LogP contribution in [0.2, 0.25) is 0 Å². The highest BCUT2D eigenvalue weighted by atomic mass is 32.1. The molecule has 1 unspecified atom stereocenters. The van der Waals surface area contributed by atoms with Gasteiger partial charge in [-0.05, 0) is 25.1 Å². The molecule has 9 heteroatoms. The molecule has 0 aliphatic carbocycles. The number of carbonyl (C=O) groups is 2. The van der Waals surface area contributed by atoms with Gasteiger partial charge in [0, 0.05) is 18.7 Å². The maximum absolute atomic E-state index is 12.2. The molecule has 1 N–H and O–H groups in total. The van der Waals surface area contributed by atoms with Crippen LogP contribution in [0.15, 0.2) is 23.4 Å². The second-order valence-electron chi connectivity index (χ2n) is 5.83. The van der Waals surface area contributed by atoms with Crippen LogP contribution in [-0.4, -0.2) is 42.9 Å². The van der Waals surface area contributed by atoms with E-state index < -0.39 is 6.09 Å². The van der Waals surface area contributed by atoms with E-state index in [-0.39, 0.29) is 12.0 Å². The summed E-state index contributed by atoms with van der Waals surface area (Å²) in [5, 5.41) is 6.81. The van der Waals surface area contributed by atoms with Crippen LogP contribution in [0.5, 0.6) is 0 Å². The minimum absolute atomic E-state index is 0.0574. The predicted molar refractivity (Wildman–Crippen MR) is 99.0 cm³/mol. The molecule has 2 aromatic rings. The van der Waals surface area contributed by atoms with Crippen LogP contribution < -0.4 is 15.0 Å². The first-order valence-corrected chi connectivity index (χ1v) is 9.34. The molecular weight excluding hydrogens is 356 g/mol. The number of cyclic esters (lactones) is 1. The van der Waals surface area contributed by atoms with Gasteiger partial charge in [-0.25, -0.2) is 4.79 Å². The minimum atomic E-state index is -0.401. The van der Waals surface area contributed by atoms with Crippen LogP contribution in [0.1, 0.15) is 20.3 Å². The molecule has 1 saturated heterocycles. The van der Waals surface area contributed by atoms with Crippen molar-refractivity contribution in [1.82, 2.24) is 9.88 Å². The Hall–Kier alpha value is -2.55. The highest BCUT2D eigenvalue weighted by Crippen LogP contribution is 2.27. The fourth-order valence-electron chi connectivity index (χ4n) is 2.87. The molecule has 2 amide bonds. The molecule has 1 aliphatic rings. The fourth-order valence-corrected chi connectivity index (χ4v) is 3.98. The Bertz CT molecular complexity index is 889. The number of hydrogen-bond donors (Lipinski definition) is 1. The second-order valence-corrected chi connectivity index (χ2v) is 6.84. The monoisotopic (exact) mass is 378 g/mol. The maximum atomic E-state index is 12.2. The Balaban J connectivity index is 1.83. The Morgan fingerprint density at radius 2 is 2.27 bits per heavy atom. The Morgan fingerprint density at radius 1 is 1.46 bits per heavy atom. The summed E-state index contributed by atoms with van der Waals surface area (Å²) in [6, 6.07) is 5.82. The van der Waals surface area contributed by atoms with Gasteiger partial charge >= 0.3 is 6.09 Å². The van der Waals surface area contributed by atoms with E-state index in [1.165, 1.54) is 18.4 Å². The van der Waals surface area contributed by atoms with Gasteiger partial charge in [-0.3, -0.25) is 9.69 Å². The quantitative estimate of drug-likeness (QED) is 0.780. The van der Waals surface area contributed by atoms with E-state index in [0.717, 1.165) is 27.3 Å². The first kappa shape index (κ1) is 18.2. The number of nitrogens with one attached hydrogen (secondary N) is 1. The normalized spacial score (nSPS) is 17.7. The van der Waals surface area contributed by atoms with E-state index >= 15 is 0 Å². The summed E-state index contributed by atoms with van der Waals surface area (Å²) in [4.78, 5) is 30.9. The van der Waals surface area contributed by atoms with Crippen LogP contribution in [0.4, 0.5) is 10.5 Å². The van der Waals surface area contributed by atoms with Gasteiger partial charge in [0.25, 0.3) is 0 Å². The zero-order chi connectivity index (χ0) is 18.7. The van der Waals surface area contributed by atoms with Crippen LogP contribution in [0.25, 0.3) is 10.2 Å². The van der Waals surface area contributed by atoms with Crippen molar-refractivity contribution in [3.63, 3.8) is 0 Å². The minimum Gasteiger partial charge on any atom is -0.442 e. The van der Waals surface area contributed by atoms with Gasteiger partial charge in [0.1, 0.15) is 13.2 Å². The molecule has 1 aromatic carbocycles. The molecule has 1 fully saturated rings. The molecular formula is C17H22N4O4S. The topological polar surface area (TPSA) is 85.2 Å². The molecule has 2 heterocycles. The number of aryl methyl sites for hydroxylation is 1. The molecule has 0 bridgehead atoms. The van der Waals surface area contributed by atoms with Crippen LogP contribution in [0.3, 0.4) is 0 Å². The standard InChI is InChI=1S/C17H22N4O4S/c1-4-15(22)18-9-12-10-21(17(23)25-12)11-6-7-13-14(8-11)26-16(19-24-3)20(13)5-2/h6-8,12H,4-5,9-10H2,1-3H3,(H,18,22). The average Bonchev–Trinajstić information content (AvgIpc) is 3.18. The molecule has 0 radical (unpaired) electrons. The van der Waals surface area contributed by atoms with Gasteiger partial charge in [-0.1, -0.05) is 23.4 Å². The van der Waals surface area contributed by atoms with Gasteiger partial charge in [0.05, 0.1) is 23.3 Å². The SMILES string of the molecule is CCC(=O)NCC1CN(c2ccc3c(c2)sc(=NOC)n3CC)C(=O)O1. The van der Waals surface area contributed by atoms with E-state index in [0.29, 0.717) is 19.5 Å². The van der Waals surface area contributed by atoms with Gasteiger partial charge in [0.15, 0.2) is 0 Å². The number of aromatic nitrogens is 1. The van der Waals surface area contributed by atoms with Crippen molar-refractivity contribution < 1.29 is 19.2 Å². The van der Waals surface area contributed by atoms with Gasteiger partial charge in [-0.2, -0.15) is 0 Å². The average molecular weight is 378 g/mol. The molecule has 1 aromatic heterocycles. The largest absolute Gasteiger partial charge is 0.442 e.